The second-order valence-electron chi connectivity index (χ2n) is 7.61. The molecular formula is C25H21F2NO5S. The first-order valence-corrected chi connectivity index (χ1v) is 12.2. The minimum atomic E-state index is -3.72. The van der Waals surface area contributed by atoms with Crippen LogP contribution in [0.15, 0.2) is 65.1 Å². The fourth-order valence-corrected chi connectivity index (χ4v) is 4.19. The standard InChI is InChI=1S/C25H21F2NO5S/c1-4-32-25(29)23-19-13-18(17-7-5-6-8-20(17)27)21(28(2)34(3,30)31)14-22(19)33-24(23)15-9-11-16(26)12-10-15/h5-14H,4H2,1-3H3. The summed E-state index contributed by atoms with van der Waals surface area (Å²) in [6.07, 6.45) is 1.03. The van der Waals surface area contributed by atoms with Crippen molar-refractivity contribution in [2.45, 2.75) is 6.92 Å². The predicted molar refractivity (Wildman–Crippen MR) is 126 cm³/mol. The maximum Gasteiger partial charge on any atom is 0.342 e. The van der Waals surface area contributed by atoms with E-state index in [1.807, 2.05) is 0 Å². The van der Waals surface area contributed by atoms with Crippen LogP contribution in [0.1, 0.15) is 17.3 Å². The second kappa shape index (κ2) is 8.90. The third-order valence-electron chi connectivity index (χ3n) is 5.39. The first-order valence-electron chi connectivity index (χ1n) is 10.3. The lowest BCUT2D eigenvalue weighted by atomic mass is 9.98. The topological polar surface area (TPSA) is 76.8 Å². The number of benzene rings is 3. The Balaban J connectivity index is 2.09. The lowest BCUT2D eigenvalue weighted by molar-refractivity contribution is 0.0528. The summed E-state index contributed by atoms with van der Waals surface area (Å²) in [5.41, 5.74) is 1.24. The highest BCUT2D eigenvalue weighted by atomic mass is 32.2. The molecular weight excluding hydrogens is 464 g/mol. The number of fused-ring (bicyclic) bond motifs is 1. The van der Waals surface area contributed by atoms with E-state index in [1.54, 1.807) is 13.0 Å². The quantitative estimate of drug-likeness (QED) is 0.332. The molecule has 0 saturated heterocycles. The molecule has 4 rings (SSSR count). The summed E-state index contributed by atoms with van der Waals surface area (Å²) in [6, 6.07) is 14.2. The molecule has 1 aromatic heterocycles. The SMILES string of the molecule is CCOC(=O)c1c(-c2ccc(F)cc2)oc2cc(N(C)S(C)(=O)=O)c(-c3ccccc3F)cc12. The molecule has 0 saturated carbocycles. The van der Waals surface area contributed by atoms with Crippen molar-refractivity contribution < 1.29 is 31.1 Å². The average molecular weight is 486 g/mol. The summed E-state index contributed by atoms with van der Waals surface area (Å²) >= 11 is 0. The Kier molecular flexibility index (Phi) is 6.14. The van der Waals surface area contributed by atoms with E-state index in [4.69, 9.17) is 9.15 Å². The van der Waals surface area contributed by atoms with Crippen molar-refractivity contribution in [1.82, 2.24) is 0 Å². The summed E-state index contributed by atoms with van der Waals surface area (Å²) in [6.45, 7) is 1.76. The van der Waals surface area contributed by atoms with Gasteiger partial charge in [0.25, 0.3) is 0 Å². The first kappa shape index (κ1) is 23.4. The number of rotatable bonds is 6. The molecule has 1 heterocycles. The summed E-state index contributed by atoms with van der Waals surface area (Å²) in [4.78, 5) is 12.9. The number of ether oxygens (including phenoxy) is 1. The molecule has 34 heavy (non-hydrogen) atoms. The van der Waals surface area contributed by atoms with Gasteiger partial charge < -0.3 is 9.15 Å². The van der Waals surface area contributed by atoms with Gasteiger partial charge in [-0.05, 0) is 43.3 Å². The highest BCUT2D eigenvalue weighted by molar-refractivity contribution is 7.92. The Morgan fingerprint density at radius 3 is 2.32 bits per heavy atom. The summed E-state index contributed by atoms with van der Waals surface area (Å²) in [5.74, 6) is -1.57. The summed E-state index contributed by atoms with van der Waals surface area (Å²) < 4.78 is 65.2. The fourth-order valence-electron chi connectivity index (χ4n) is 3.68. The smallest absolute Gasteiger partial charge is 0.342 e. The fraction of sp³-hybridized carbons (Fsp3) is 0.160. The molecule has 0 radical (unpaired) electrons. The number of esters is 1. The van der Waals surface area contributed by atoms with E-state index in [-0.39, 0.29) is 40.3 Å². The zero-order valence-corrected chi connectivity index (χ0v) is 19.4. The molecule has 0 aliphatic heterocycles. The molecule has 0 aliphatic rings. The molecule has 0 amide bonds. The van der Waals surface area contributed by atoms with E-state index in [0.717, 1.165) is 10.6 Å². The van der Waals surface area contributed by atoms with E-state index >= 15 is 0 Å². The van der Waals surface area contributed by atoms with Crippen LogP contribution in [0.3, 0.4) is 0 Å². The Morgan fingerprint density at radius 2 is 1.71 bits per heavy atom. The van der Waals surface area contributed by atoms with Crippen molar-refractivity contribution in [3.63, 3.8) is 0 Å². The minimum absolute atomic E-state index is 0.0783. The Morgan fingerprint density at radius 1 is 1.03 bits per heavy atom. The van der Waals surface area contributed by atoms with Crippen LogP contribution in [0.2, 0.25) is 0 Å². The molecule has 0 N–H and O–H groups in total. The summed E-state index contributed by atoms with van der Waals surface area (Å²) in [7, 11) is -2.37. The molecule has 6 nitrogen and oxygen atoms in total. The number of nitrogens with zero attached hydrogens (tertiary/aromatic N) is 1. The molecule has 4 aromatic rings. The maximum atomic E-state index is 14.8. The van der Waals surface area contributed by atoms with Gasteiger partial charge in [-0.2, -0.15) is 0 Å². The monoisotopic (exact) mass is 485 g/mol. The molecule has 0 atom stereocenters. The molecule has 0 fully saturated rings. The van der Waals surface area contributed by atoms with E-state index in [1.165, 1.54) is 61.6 Å². The molecule has 9 heteroatoms. The number of anilines is 1. The van der Waals surface area contributed by atoms with Gasteiger partial charge in [-0.1, -0.05) is 18.2 Å². The molecule has 0 spiro atoms. The number of hydrogen-bond donors (Lipinski definition) is 0. The van der Waals surface area contributed by atoms with Crippen molar-refractivity contribution >= 4 is 32.6 Å². The number of sulfonamides is 1. The third-order valence-corrected chi connectivity index (χ3v) is 6.58. The van der Waals surface area contributed by atoms with Gasteiger partial charge in [-0.25, -0.2) is 22.0 Å². The minimum Gasteiger partial charge on any atom is -0.462 e. The third kappa shape index (κ3) is 4.26. The van der Waals surface area contributed by atoms with Crippen molar-refractivity contribution in [1.29, 1.82) is 0 Å². The molecule has 0 unspecified atom stereocenters. The molecule has 3 aromatic carbocycles. The maximum absolute atomic E-state index is 14.8. The van der Waals surface area contributed by atoms with E-state index < -0.39 is 27.6 Å². The van der Waals surface area contributed by atoms with Gasteiger partial charge in [0.05, 0.1) is 18.6 Å². The van der Waals surface area contributed by atoms with Crippen LogP contribution in [0.25, 0.3) is 33.4 Å². The van der Waals surface area contributed by atoms with Gasteiger partial charge in [0.15, 0.2) is 0 Å². The first-order chi connectivity index (χ1) is 16.1. The van der Waals surface area contributed by atoms with Gasteiger partial charge in [0.1, 0.15) is 28.5 Å². The van der Waals surface area contributed by atoms with Crippen LogP contribution in [-0.2, 0) is 14.8 Å². The number of furan rings is 1. The number of carbonyl (C=O) groups excluding carboxylic acids is 1. The van der Waals surface area contributed by atoms with Crippen LogP contribution >= 0.6 is 0 Å². The van der Waals surface area contributed by atoms with Crippen molar-refractivity contribution in [3.8, 4) is 22.5 Å². The van der Waals surface area contributed by atoms with Crippen LogP contribution in [0, 0.1) is 11.6 Å². The zero-order chi connectivity index (χ0) is 24.6. The van der Waals surface area contributed by atoms with Crippen molar-refractivity contribution in [2.24, 2.45) is 0 Å². The molecule has 0 aliphatic carbocycles. The molecule has 0 bridgehead atoms. The highest BCUT2D eigenvalue weighted by Gasteiger charge is 2.27. The highest BCUT2D eigenvalue weighted by Crippen LogP contribution is 2.42. The van der Waals surface area contributed by atoms with E-state index in [9.17, 15) is 22.0 Å². The van der Waals surface area contributed by atoms with Crippen LogP contribution in [-0.4, -0.2) is 34.3 Å². The van der Waals surface area contributed by atoms with Crippen molar-refractivity contribution in [3.05, 3.63) is 77.9 Å². The number of halogens is 2. The second-order valence-corrected chi connectivity index (χ2v) is 9.62. The Hall–Kier alpha value is -3.72. The lowest BCUT2D eigenvalue weighted by Crippen LogP contribution is -2.25. The Bertz CT molecular complexity index is 1490. The predicted octanol–water partition coefficient (Wildman–Crippen LogP) is 5.62. The largest absolute Gasteiger partial charge is 0.462 e. The van der Waals surface area contributed by atoms with Gasteiger partial charge in [0.2, 0.25) is 10.0 Å². The summed E-state index contributed by atoms with van der Waals surface area (Å²) in [5, 5.41) is 0.307. The number of carbonyl (C=O) groups is 1. The van der Waals surface area contributed by atoms with Gasteiger partial charge in [-0.15, -0.1) is 0 Å². The van der Waals surface area contributed by atoms with Crippen molar-refractivity contribution in [2.75, 3.05) is 24.2 Å². The lowest BCUT2D eigenvalue weighted by Gasteiger charge is -2.21. The van der Waals surface area contributed by atoms with Crippen LogP contribution in [0.4, 0.5) is 14.5 Å². The Labute approximate surface area is 195 Å². The number of hydrogen-bond acceptors (Lipinski definition) is 5. The van der Waals surface area contributed by atoms with E-state index in [2.05, 4.69) is 0 Å². The van der Waals surface area contributed by atoms with E-state index in [0.29, 0.717) is 10.9 Å². The van der Waals surface area contributed by atoms with Gasteiger partial charge in [0, 0.05) is 35.2 Å². The average Bonchev–Trinajstić information content (AvgIpc) is 3.16. The zero-order valence-electron chi connectivity index (χ0n) is 18.6. The van der Waals surface area contributed by atoms with Gasteiger partial charge >= 0.3 is 5.97 Å². The van der Waals surface area contributed by atoms with Gasteiger partial charge in [-0.3, -0.25) is 4.31 Å². The normalized spacial score (nSPS) is 11.6. The molecule has 176 valence electrons. The van der Waals surface area contributed by atoms with Crippen LogP contribution in [0.5, 0.6) is 0 Å². The van der Waals surface area contributed by atoms with Crippen LogP contribution < -0.4 is 4.31 Å².